The summed E-state index contributed by atoms with van der Waals surface area (Å²) in [6.07, 6.45) is 15.7. The van der Waals surface area contributed by atoms with Gasteiger partial charge in [0.15, 0.2) is 0 Å². The van der Waals surface area contributed by atoms with E-state index in [2.05, 4.69) is 47.6 Å². The molecular weight excluding hydrogens is 352 g/mol. The molecule has 1 N–H and O–H groups in total. The van der Waals surface area contributed by atoms with E-state index >= 15 is 0 Å². The molecule has 0 aromatic rings. The second kappa shape index (κ2) is 7.99. The molecule has 3 saturated carbocycles. The van der Waals surface area contributed by atoms with E-state index in [0.717, 1.165) is 54.3 Å². The van der Waals surface area contributed by atoms with Crippen LogP contribution in [-0.2, 0) is 0 Å². The van der Waals surface area contributed by atoms with Crippen molar-refractivity contribution in [1.82, 2.24) is 0 Å². The van der Waals surface area contributed by atoms with Crippen molar-refractivity contribution in [3.05, 3.63) is 11.6 Å². The molecule has 1 heteroatoms. The summed E-state index contributed by atoms with van der Waals surface area (Å²) >= 11 is 0. The first kappa shape index (κ1) is 21.9. The lowest BCUT2D eigenvalue weighted by molar-refractivity contribution is -0.0574. The highest BCUT2D eigenvalue weighted by atomic mass is 16.3. The normalized spacial score (nSPS) is 46.5. The van der Waals surface area contributed by atoms with Crippen LogP contribution in [0.15, 0.2) is 11.6 Å². The van der Waals surface area contributed by atoms with Gasteiger partial charge in [-0.15, -0.1) is 0 Å². The standard InChI is InChI=1S/C28H48O/c1-18(2)19(3)7-8-20(4)24-11-12-25-23-10-9-21-17-22(29)13-15-27(21,5)26(23)14-16-28(24,25)6/h9,18-20,22-26,29H,7-8,10-17H2,1-6H3/t19-,20?,22-,23?,24+,25-,26-,27-,28+/m0/s1. The summed E-state index contributed by atoms with van der Waals surface area (Å²) in [5.41, 5.74) is 2.59. The summed E-state index contributed by atoms with van der Waals surface area (Å²) in [6.45, 7) is 15.1. The molecule has 0 saturated heterocycles. The fourth-order valence-electron chi connectivity index (χ4n) is 8.68. The first-order valence-corrected chi connectivity index (χ1v) is 13.0. The van der Waals surface area contributed by atoms with Gasteiger partial charge < -0.3 is 5.11 Å². The summed E-state index contributed by atoms with van der Waals surface area (Å²) in [5, 5.41) is 10.2. The summed E-state index contributed by atoms with van der Waals surface area (Å²) in [4.78, 5) is 0. The second-order valence-corrected chi connectivity index (χ2v) is 12.7. The average Bonchev–Trinajstić information content (AvgIpc) is 3.03. The molecule has 0 radical (unpaired) electrons. The van der Waals surface area contributed by atoms with Gasteiger partial charge in [-0.3, -0.25) is 0 Å². The molecule has 166 valence electrons. The maximum atomic E-state index is 10.2. The average molecular weight is 401 g/mol. The predicted octanol–water partition coefficient (Wildman–Crippen LogP) is 7.63. The van der Waals surface area contributed by atoms with E-state index in [9.17, 15) is 5.11 Å². The number of allylic oxidation sites excluding steroid dienone is 1. The molecule has 9 atom stereocenters. The summed E-state index contributed by atoms with van der Waals surface area (Å²) < 4.78 is 0. The SMILES string of the molecule is CC(CC[C@H](C)C(C)C)[C@H]1CC[C@H]2C3CC=C4C[C@@H](O)CC[C@]4(C)[C@H]3CC[C@]12C. The Kier molecular flexibility index (Phi) is 6.04. The third-order valence-electron chi connectivity index (χ3n) is 11.1. The fraction of sp³-hybridized carbons (Fsp3) is 0.929. The van der Waals surface area contributed by atoms with Crippen LogP contribution in [0, 0.1) is 52.3 Å². The zero-order chi connectivity index (χ0) is 21.0. The Morgan fingerprint density at radius 3 is 2.45 bits per heavy atom. The van der Waals surface area contributed by atoms with E-state index in [-0.39, 0.29) is 6.10 Å². The molecule has 0 aliphatic heterocycles. The van der Waals surface area contributed by atoms with Crippen molar-refractivity contribution in [3.63, 3.8) is 0 Å². The Hall–Kier alpha value is -0.300. The predicted molar refractivity (Wildman–Crippen MR) is 124 cm³/mol. The number of aliphatic hydroxyl groups is 1. The van der Waals surface area contributed by atoms with Crippen LogP contribution in [0.2, 0.25) is 0 Å². The number of fused-ring (bicyclic) bond motifs is 5. The summed E-state index contributed by atoms with van der Waals surface area (Å²) in [7, 11) is 0. The molecule has 2 unspecified atom stereocenters. The molecule has 0 spiro atoms. The maximum absolute atomic E-state index is 10.2. The molecular formula is C28H48O. The Morgan fingerprint density at radius 2 is 1.72 bits per heavy atom. The van der Waals surface area contributed by atoms with Crippen LogP contribution in [0.1, 0.15) is 106 Å². The number of rotatable bonds is 5. The molecule has 0 aromatic carbocycles. The van der Waals surface area contributed by atoms with Gasteiger partial charge in [-0.1, -0.05) is 66.0 Å². The molecule has 1 nitrogen and oxygen atoms in total. The molecule has 0 amide bonds. The van der Waals surface area contributed by atoms with Crippen LogP contribution in [0.3, 0.4) is 0 Å². The lowest BCUT2D eigenvalue weighted by atomic mass is 9.47. The van der Waals surface area contributed by atoms with Gasteiger partial charge in [0, 0.05) is 0 Å². The lowest BCUT2D eigenvalue weighted by Crippen LogP contribution is -2.50. The van der Waals surface area contributed by atoms with E-state index in [1.54, 1.807) is 5.57 Å². The van der Waals surface area contributed by atoms with Gasteiger partial charge in [0.2, 0.25) is 0 Å². The maximum Gasteiger partial charge on any atom is 0.0577 e. The minimum absolute atomic E-state index is 0.0790. The van der Waals surface area contributed by atoms with Crippen LogP contribution in [-0.4, -0.2) is 11.2 Å². The molecule has 4 rings (SSSR count). The van der Waals surface area contributed by atoms with E-state index in [4.69, 9.17) is 0 Å². The molecule has 0 aromatic heterocycles. The molecule has 0 bridgehead atoms. The molecule has 4 aliphatic carbocycles. The number of hydrogen-bond donors (Lipinski definition) is 1. The Morgan fingerprint density at radius 1 is 0.966 bits per heavy atom. The third kappa shape index (κ3) is 3.66. The van der Waals surface area contributed by atoms with Crippen LogP contribution in [0.5, 0.6) is 0 Å². The highest BCUT2D eigenvalue weighted by Gasteiger charge is 2.59. The van der Waals surface area contributed by atoms with E-state index in [1.165, 1.54) is 51.4 Å². The van der Waals surface area contributed by atoms with Gasteiger partial charge in [0.05, 0.1) is 6.10 Å². The van der Waals surface area contributed by atoms with Crippen molar-refractivity contribution in [2.24, 2.45) is 52.3 Å². The zero-order valence-electron chi connectivity index (χ0n) is 20.2. The Labute approximate surface area is 181 Å². The molecule has 0 heterocycles. The van der Waals surface area contributed by atoms with E-state index in [1.807, 2.05) is 0 Å². The Bertz CT molecular complexity index is 620. The topological polar surface area (TPSA) is 20.2 Å². The van der Waals surface area contributed by atoms with Gasteiger partial charge in [-0.2, -0.15) is 0 Å². The highest BCUT2D eigenvalue weighted by Crippen LogP contribution is 2.67. The highest BCUT2D eigenvalue weighted by molar-refractivity contribution is 5.25. The molecule has 29 heavy (non-hydrogen) atoms. The summed E-state index contributed by atoms with van der Waals surface area (Å²) in [6, 6.07) is 0. The zero-order valence-corrected chi connectivity index (χ0v) is 20.2. The van der Waals surface area contributed by atoms with E-state index in [0.29, 0.717) is 10.8 Å². The smallest absolute Gasteiger partial charge is 0.0577 e. The third-order valence-corrected chi connectivity index (χ3v) is 11.1. The van der Waals surface area contributed by atoms with Gasteiger partial charge in [-0.05, 0) is 104 Å². The first-order valence-electron chi connectivity index (χ1n) is 13.0. The van der Waals surface area contributed by atoms with Crippen LogP contribution >= 0.6 is 0 Å². The van der Waals surface area contributed by atoms with Crippen molar-refractivity contribution < 1.29 is 5.11 Å². The van der Waals surface area contributed by atoms with Gasteiger partial charge in [-0.25, -0.2) is 0 Å². The van der Waals surface area contributed by atoms with Gasteiger partial charge >= 0.3 is 0 Å². The van der Waals surface area contributed by atoms with Crippen LogP contribution in [0.4, 0.5) is 0 Å². The number of aliphatic hydroxyl groups excluding tert-OH is 1. The number of hydrogen-bond acceptors (Lipinski definition) is 1. The van der Waals surface area contributed by atoms with Crippen molar-refractivity contribution >= 4 is 0 Å². The monoisotopic (exact) mass is 400 g/mol. The van der Waals surface area contributed by atoms with Crippen LogP contribution < -0.4 is 0 Å². The first-order chi connectivity index (χ1) is 13.7. The van der Waals surface area contributed by atoms with E-state index < -0.39 is 0 Å². The second-order valence-electron chi connectivity index (χ2n) is 12.7. The van der Waals surface area contributed by atoms with Crippen molar-refractivity contribution in [3.8, 4) is 0 Å². The van der Waals surface area contributed by atoms with Gasteiger partial charge in [0.25, 0.3) is 0 Å². The Balaban J connectivity index is 1.49. The minimum Gasteiger partial charge on any atom is -0.393 e. The lowest BCUT2D eigenvalue weighted by Gasteiger charge is -2.58. The van der Waals surface area contributed by atoms with Crippen molar-refractivity contribution in [2.75, 3.05) is 0 Å². The molecule has 4 aliphatic rings. The largest absolute Gasteiger partial charge is 0.393 e. The van der Waals surface area contributed by atoms with Crippen molar-refractivity contribution in [1.29, 1.82) is 0 Å². The van der Waals surface area contributed by atoms with Crippen LogP contribution in [0.25, 0.3) is 0 Å². The summed E-state index contributed by atoms with van der Waals surface area (Å²) in [5.74, 6) is 6.24. The fourth-order valence-corrected chi connectivity index (χ4v) is 8.68. The van der Waals surface area contributed by atoms with Gasteiger partial charge in [0.1, 0.15) is 0 Å². The van der Waals surface area contributed by atoms with Crippen molar-refractivity contribution in [2.45, 2.75) is 112 Å². The minimum atomic E-state index is -0.0790. The molecule has 3 fully saturated rings. The quantitative estimate of drug-likeness (QED) is 0.470.